The minimum absolute atomic E-state index is 0.288. The van der Waals surface area contributed by atoms with Crippen molar-refractivity contribution in [2.75, 3.05) is 0 Å². The standard InChI is InChI=1S/C10H10BrNO2S/c1-6(12)9-4-7-2-3-8(11)5-10(7)15(9,13)14/h2-6H,12H2,1H3. The summed E-state index contributed by atoms with van der Waals surface area (Å²) in [6.07, 6.45) is 1.64. The van der Waals surface area contributed by atoms with Gasteiger partial charge in [-0.3, -0.25) is 0 Å². The Hall–Kier alpha value is -0.650. The highest BCUT2D eigenvalue weighted by molar-refractivity contribution is 9.10. The first-order chi connectivity index (χ1) is 6.93. The fourth-order valence-corrected chi connectivity index (χ4v) is 3.85. The third-order valence-corrected chi connectivity index (χ3v) is 4.86. The summed E-state index contributed by atoms with van der Waals surface area (Å²) in [5, 5.41) is 0. The summed E-state index contributed by atoms with van der Waals surface area (Å²) in [6, 6.07) is 4.72. The lowest BCUT2D eigenvalue weighted by molar-refractivity contribution is 0.600. The first kappa shape index (κ1) is 10.9. The summed E-state index contributed by atoms with van der Waals surface area (Å²) in [5.74, 6) is 0. The first-order valence-corrected chi connectivity index (χ1v) is 6.72. The van der Waals surface area contributed by atoms with Crippen molar-refractivity contribution in [3.8, 4) is 0 Å². The van der Waals surface area contributed by atoms with Crippen LogP contribution in [0, 0.1) is 0 Å². The van der Waals surface area contributed by atoms with E-state index >= 15 is 0 Å². The van der Waals surface area contributed by atoms with Gasteiger partial charge < -0.3 is 5.73 Å². The quantitative estimate of drug-likeness (QED) is 0.859. The van der Waals surface area contributed by atoms with E-state index in [2.05, 4.69) is 15.9 Å². The summed E-state index contributed by atoms with van der Waals surface area (Å²) < 4.78 is 24.8. The van der Waals surface area contributed by atoms with Crippen molar-refractivity contribution in [2.24, 2.45) is 5.73 Å². The Morgan fingerprint density at radius 2 is 2.07 bits per heavy atom. The van der Waals surface area contributed by atoms with Gasteiger partial charge >= 0.3 is 0 Å². The van der Waals surface area contributed by atoms with Gasteiger partial charge in [0.05, 0.1) is 9.80 Å². The molecule has 1 aromatic rings. The lowest BCUT2D eigenvalue weighted by atomic mass is 10.2. The molecule has 0 amide bonds. The average Bonchev–Trinajstić information content (AvgIpc) is 2.39. The Labute approximate surface area is 97.0 Å². The van der Waals surface area contributed by atoms with Crippen LogP contribution in [0.4, 0.5) is 0 Å². The monoisotopic (exact) mass is 287 g/mol. The molecule has 0 aromatic heterocycles. The van der Waals surface area contributed by atoms with Crippen molar-refractivity contribution >= 4 is 31.8 Å². The van der Waals surface area contributed by atoms with Crippen LogP contribution in [0.5, 0.6) is 0 Å². The molecule has 1 aliphatic rings. The van der Waals surface area contributed by atoms with Crippen molar-refractivity contribution in [2.45, 2.75) is 17.9 Å². The van der Waals surface area contributed by atoms with Gasteiger partial charge in [-0.2, -0.15) is 0 Å². The second-order valence-corrected chi connectivity index (χ2v) is 6.35. The van der Waals surface area contributed by atoms with E-state index in [9.17, 15) is 8.42 Å². The van der Waals surface area contributed by atoms with E-state index in [0.717, 1.165) is 4.47 Å². The molecule has 1 aromatic carbocycles. The summed E-state index contributed by atoms with van der Waals surface area (Å²) >= 11 is 3.25. The molecule has 0 fully saturated rings. The number of sulfone groups is 1. The highest BCUT2D eigenvalue weighted by Crippen LogP contribution is 2.35. The van der Waals surface area contributed by atoms with E-state index in [-0.39, 0.29) is 4.91 Å². The van der Waals surface area contributed by atoms with E-state index in [1.54, 1.807) is 25.1 Å². The van der Waals surface area contributed by atoms with Gasteiger partial charge in [-0.1, -0.05) is 22.0 Å². The molecular formula is C10H10BrNO2S. The van der Waals surface area contributed by atoms with Crippen molar-refractivity contribution in [3.05, 3.63) is 33.1 Å². The number of halogens is 1. The minimum Gasteiger partial charge on any atom is -0.324 e. The van der Waals surface area contributed by atoms with Crippen LogP contribution in [0.1, 0.15) is 12.5 Å². The van der Waals surface area contributed by atoms with Gasteiger partial charge in [0, 0.05) is 10.5 Å². The van der Waals surface area contributed by atoms with Crippen LogP contribution in [0.25, 0.3) is 6.08 Å². The molecule has 2 rings (SSSR count). The summed E-state index contributed by atoms with van der Waals surface area (Å²) in [4.78, 5) is 0.625. The highest BCUT2D eigenvalue weighted by Gasteiger charge is 2.31. The number of benzene rings is 1. The maximum Gasteiger partial charge on any atom is 0.204 e. The fourth-order valence-electron chi connectivity index (χ4n) is 1.59. The Balaban J connectivity index is 2.69. The van der Waals surface area contributed by atoms with Crippen LogP contribution in [-0.2, 0) is 9.84 Å². The zero-order valence-corrected chi connectivity index (χ0v) is 10.5. The van der Waals surface area contributed by atoms with Gasteiger partial charge in [-0.15, -0.1) is 0 Å². The second-order valence-electron chi connectivity index (χ2n) is 3.52. The molecule has 1 atom stereocenters. The largest absolute Gasteiger partial charge is 0.324 e. The molecule has 0 saturated heterocycles. The van der Waals surface area contributed by atoms with Gasteiger partial charge in [-0.25, -0.2) is 8.42 Å². The lowest BCUT2D eigenvalue weighted by Gasteiger charge is -2.06. The van der Waals surface area contributed by atoms with Crippen molar-refractivity contribution in [1.82, 2.24) is 0 Å². The SMILES string of the molecule is CC(N)C1=Cc2ccc(Br)cc2S1(=O)=O. The van der Waals surface area contributed by atoms with Crippen molar-refractivity contribution in [1.29, 1.82) is 0 Å². The average molecular weight is 288 g/mol. The minimum atomic E-state index is -3.36. The Morgan fingerprint density at radius 1 is 1.40 bits per heavy atom. The summed E-state index contributed by atoms with van der Waals surface area (Å²) in [7, 11) is -3.36. The third kappa shape index (κ3) is 1.64. The molecule has 0 bridgehead atoms. The highest BCUT2D eigenvalue weighted by atomic mass is 79.9. The number of rotatable bonds is 1. The zero-order valence-electron chi connectivity index (χ0n) is 8.07. The predicted octanol–water partition coefficient (Wildman–Crippen LogP) is 1.92. The zero-order chi connectivity index (χ0) is 11.2. The summed E-state index contributed by atoms with van der Waals surface area (Å²) in [6.45, 7) is 1.67. The number of nitrogens with two attached hydrogens (primary N) is 1. The van der Waals surface area contributed by atoms with Gasteiger partial charge in [-0.05, 0) is 30.7 Å². The van der Waals surface area contributed by atoms with E-state index in [4.69, 9.17) is 5.73 Å². The van der Waals surface area contributed by atoms with E-state index in [1.807, 2.05) is 6.07 Å². The van der Waals surface area contributed by atoms with Gasteiger partial charge in [0.2, 0.25) is 9.84 Å². The third-order valence-electron chi connectivity index (χ3n) is 2.32. The van der Waals surface area contributed by atoms with Crippen LogP contribution in [0.2, 0.25) is 0 Å². The summed E-state index contributed by atoms with van der Waals surface area (Å²) in [5.41, 5.74) is 6.35. The molecule has 0 saturated carbocycles. The van der Waals surface area contributed by atoms with Crippen LogP contribution < -0.4 is 5.73 Å². The maximum absolute atomic E-state index is 12.0. The molecule has 15 heavy (non-hydrogen) atoms. The molecule has 2 N–H and O–H groups in total. The van der Waals surface area contributed by atoms with Crippen molar-refractivity contribution in [3.63, 3.8) is 0 Å². The molecule has 0 spiro atoms. The molecule has 1 aliphatic heterocycles. The lowest BCUT2D eigenvalue weighted by Crippen LogP contribution is -2.21. The smallest absolute Gasteiger partial charge is 0.204 e. The predicted molar refractivity (Wildman–Crippen MR) is 63.0 cm³/mol. The number of hydrogen-bond acceptors (Lipinski definition) is 3. The molecular weight excluding hydrogens is 278 g/mol. The van der Waals surface area contributed by atoms with Crippen LogP contribution in [0.3, 0.4) is 0 Å². The van der Waals surface area contributed by atoms with E-state index < -0.39 is 15.9 Å². The topological polar surface area (TPSA) is 60.2 Å². The molecule has 5 heteroatoms. The number of hydrogen-bond donors (Lipinski definition) is 1. The van der Waals surface area contributed by atoms with E-state index in [1.165, 1.54) is 0 Å². The molecule has 80 valence electrons. The van der Waals surface area contributed by atoms with E-state index in [0.29, 0.717) is 10.5 Å². The van der Waals surface area contributed by atoms with Gasteiger partial charge in [0.1, 0.15) is 0 Å². The first-order valence-electron chi connectivity index (χ1n) is 4.45. The van der Waals surface area contributed by atoms with Crippen LogP contribution >= 0.6 is 15.9 Å². The molecule has 3 nitrogen and oxygen atoms in total. The maximum atomic E-state index is 12.0. The van der Waals surface area contributed by atoms with Gasteiger partial charge in [0.15, 0.2) is 0 Å². The Bertz CT molecular complexity index is 547. The Kier molecular flexibility index (Phi) is 2.48. The van der Waals surface area contributed by atoms with Crippen LogP contribution in [0.15, 0.2) is 32.5 Å². The normalized spacial score (nSPS) is 19.5. The van der Waals surface area contributed by atoms with Gasteiger partial charge in [0.25, 0.3) is 0 Å². The molecule has 0 aliphatic carbocycles. The second kappa shape index (κ2) is 3.43. The molecule has 1 heterocycles. The van der Waals surface area contributed by atoms with Crippen molar-refractivity contribution < 1.29 is 8.42 Å². The van der Waals surface area contributed by atoms with Crippen LogP contribution in [-0.4, -0.2) is 14.5 Å². The molecule has 1 unspecified atom stereocenters. The molecule has 0 radical (unpaired) electrons. The fraction of sp³-hybridized carbons (Fsp3) is 0.200. The number of fused-ring (bicyclic) bond motifs is 1. The Morgan fingerprint density at radius 3 is 2.67 bits per heavy atom.